The average Bonchev–Trinajstić information content (AvgIpc) is 3.79. The van der Waals surface area contributed by atoms with Crippen LogP contribution >= 0.6 is 0 Å². The Bertz CT molecular complexity index is 1060. The van der Waals surface area contributed by atoms with Gasteiger partial charge in [0.15, 0.2) is 51.6 Å². The van der Waals surface area contributed by atoms with E-state index in [0.29, 0.717) is 50.3 Å². The smallest absolute Gasteiger partial charge is 0.202 e. The number of benzene rings is 2. The van der Waals surface area contributed by atoms with Gasteiger partial charge in [-0.25, -0.2) is 0 Å². The monoisotopic (exact) mass is 594 g/mol. The Morgan fingerprint density at radius 2 is 1.05 bits per heavy atom. The molecule has 0 saturated carbocycles. The zero-order chi connectivity index (χ0) is 30.2. The lowest BCUT2D eigenvalue weighted by molar-refractivity contribution is 0.00599. The fraction of sp³-hybridized carbons (Fsp3) is 0.567. The Labute approximate surface area is 246 Å². The lowest BCUT2D eigenvalue weighted by Crippen LogP contribution is -2.16. The van der Waals surface area contributed by atoms with E-state index >= 15 is 0 Å². The molecular weight excluding hydrogens is 552 g/mol. The van der Waals surface area contributed by atoms with Gasteiger partial charge in [-0.3, -0.25) is 4.79 Å². The Hall–Kier alpha value is -3.13. The molecule has 2 aromatic rings. The lowest BCUT2D eigenvalue weighted by Gasteiger charge is -2.17. The van der Waals surface area contributed by atoms with E-state index in [2.05, 4.69) is 0 Å². The highest BCUT2D eigenvalue weighted by atomic mass is 16.7. The van der Waals surface area contributed by atoms with E-state index in [4.69, 9.17) is 52.1 Å². The summed E-state index contributed by atoms with van der Waals surface area (Å²) in [6, 6.07) is 8.52. The molecule has 1 aliphatic heterocycles. The maximum Gasteiger partial charge on any atom is 0.202 e. The molecule has 1 aliphatic rings. The minimum Gasteiger partial charge on any atom is -0.467 e. The molecule has 0 N–H and O–H groups in total. The quantitative estimate of drug-likeness (QED) is 0.0755. The van der Waals surface area contributed by atoms with Crippen LogP contribution in [0, 0.1) is 0 Å². The fourth-order valence-corrected chi connectivity index (χ4v) is 3.71. The predicted molar refractivity (Wildman–Crippen MR) is 150 cm³/mol. The van der Waals surface area contributed by atoms with E-state index in [9.17, 15) is 4.79 Å². The van der Waals surface area contributed by atoms with Crippen molar-refractivity contribution in [3.05, 3.63) is 41.5 Å². The van der Waals surface area contributed by atoms with Crippen molar-refractivity contribution in [1.82, 2.24) is 0 Å². The van der Waals surface area contributed by atoms with Crippen LogP contribution in [0.4, 0.5) is 0 Å². The second-order valence-electron chi connectivity index (χ2n) is 8.62. The summed E-state index contributed by atoms with van der Waals surface area (Å²) in [4.78, 5) is 13.9. The average molecular weight is 595 g/mol. The van der Waals surface area contributed by atoms with Crippen molar-refractivity contribution >= 4 is 5.78 Å². The van der Waals surface area contributed by atoms with Crippen LogP contribution in [0.3, 0.4) is 0 Å². The van der Waals surface area contributed by atoms with E-state index in [-0.39, 0.29) is 56.8 Å². The van der Waals surface area contributed by atoms with Gasteiger partial charge in [0.2, 0.25) is 5.78 Å². The van der Waals surface area contributed by atoms with Gasteiger partial charge in [0.1, 0.15) is 28.9 Å². The third kappa shape index (κ3) is 10.0. The van der Waals surface area contributed by atoms with E-state index in [1.165, 1.54) is 0 Å². The number of hydrogen-bond acceptors (Lipinski definition) is 12. The van der Waals surface area contributed by atoms with Crippen molar-refractivity contribution < 1.29 is 56.9 Å². The third-order valence-corrected chi connectivity index (χ3v) is 5.85. The van der Waals surface area contributed by atoms with E-state index in [1.54, 1.807) is 24.3 Å². The molecule has 0 bridgehead atoms. The molecule has 1 saturated heterocycles. The molecule has 234 valence electrons. The zero-order valence-corrected chi connectivity index (χ0v) is 25.0. The van der Waals surface area contributed by atoms with Crippen LogP contribution in [0.25, 0.3) is 0 Å². The summed E-state index contributed by atoms with van der Waals surface area (Å²) in [7, 11) is 0. The summed E-state index contributed by atoms with van der Waals surface area (Å²) >= 11 is 0. The molecular formula is C30H42O12. The minimum absolute atomic E-state index is 0.0192. The van der Waals surface area contributed by atoms with Crippen molar-refractivity contribution in [3.8, 4) is 28.7 Å². The third-order valence-electron chi connectivity index (χ3n) is 5.85. The molecule has 12 heteroatoms. The number of ketones is 1. The molecule has 1 fully saturated rings. The molecule has 0 radical (unpaired) electrons. The van der Waals surface area contributed by atoms with Crippen LogP contribution in [0.5, 0.6) is 28.7 Å². The number of carbonyl (C=O) groups is 1. The Morgan fingerprint density at radius 3 is 1.55 bits per heavy atom. The van der Waals surface area contributed by atoms with Gasteiger partial charge < -0.3 is 52.1 Å². The Morgan fingerprint density at radius 1 is 0.595 bits per heavy atom. The van der Waals surface area contributed by atoms with Crippen molar-refractivity contribution in [2.75, 3.05) is 67.0 Å². The first kappa shape index (κ1) is 33.4. The summed E-state index contributed by atoms with van der Waals surface area (Å²) in [5.41, 5.74) is 0.920. The number of ether oxygens (including phenoxy) is 11. The number of Topliss-reactive ketones (excluding diaryl/α,β-unsaturated/α-hetero) is 1. The highest BCUT2D eigenvalue weighted by molar-refractivity contribution is 6.06. The van der Waals surface area contributed by atoms with E-state index in [0.717, 1.165) is 5.56 Å². The minimum atomic E-state index is -0.793. The largest absolute Gasteiger partial charge is 0.467 e. The van der Waals surface area contributed by atoms with Crippen molar-refractivity contribution in [2.45, 2.75) is 46.8 Å². The summed E-state index contributed by atoms with van der Waals surface area (Å²) in [6.45, 7) is 11.6. The van der Waals surface area contributed by atoms with Gasteiger partial charge in [0, 0.05) is 45.2 Å². The van der Waals surface area contributed by atoms with Crippen LogP contribution in [0.1, 0.15) is 56.6 Å². The van der Waals surface area contributed by atoms with Crippen molar-refractivity contribution in [3.63, 3.8) is 0 Å². The standard InChI is InChI=1S/C30H42O12/c1-6-32-16-37-22-14-25(40-19-35-9-4)27(26(15-22)41-20-36-10-5)28(31)30-29(42-30)21-11-12-23(38-17-33-7-2)24(13-21)39-18-34-8-3/h11-15,29-30H,6-10,16-20H2,1-5H3/t29-,30-/m1/s1. The van der Waals surface area contributed by atoms with Crippen molar-refractivity contribution in [1.29, 1.82) is 0 Å². The second-order valence-corrected chi connectivity index (χ2v) is 8.62. The first-order valence-corrected chi connectivity index (χ1v) is 14.1. The van der Waals surface area contributed by atoms with E-state index in [1.807, 2.05) is 40.7 Å². The molecule has 0 amide bonds. The molecule has 12 nitrogen and oxygen atoms in total. The van der Waals surface area contributed by atoms with Gasteiger partial charge in [-0.2, -0.15) is 0 Å². The van der Waals surface area contributed by atoms with Crippen LogP contribution in [0.15, 0.2) is 30.3 Å². The summed E-state index contributed by atoms with van der Waals surface area (Å²) in [5, 5.41) is 0. The highest BCUT2D eigenvalue weighted by Crippen LogP contribution is 2.46. The molecule has 0 spiro atoms. The van der Waals surface area contributed by atoms with Gasteiger partial charge >= 0.3 is 0 Å². The maximum atomic E-state index is 13.9. The second kappa shape index (κ2) is 18.4. The molecule has 1 heterocycles. The molecule has 0 unspecified atom stereocenters. The maximum absolute atomic E-state index is 13.9. The van der Waals surface area contributed by atoms with Gasteiger partial charge in [-0.1, -0.05) is 6.07 Å². The normalized spacial score (nSPS) is 15.7. The van der Waals surface area contributed by atoms with Crippen LogP contribution in [0.2, 0.25) is 0 Å². The highest BCUT2D eigenvalue weighted by Gasteiger charge is 2.48. The summed E-state index contributed by atoms with van der Waals surface area (Å²) < 4.78 is 61.4. The Kier molecular flexibility index (Phi) is 14.6. The predicted octanol–water partition coefficient (Wildman–Crippen LogP) is 4.87. The molecule has 2 aromatic carbocycles. The van der Waals surface area contributed by atoms with Crippen LogP contribution < -0.4 is 23.7 Å². The summed E-state index contributed by atoms with van der Waals surface area (Å²) in [6.07, 6.45) is -1.32. The van der Waals surface area contributed by atoms with Gasteiger partial charge in [0.25, 0.3) is 0 Å². The molecule has 42 heavy (non-hydrogen) atoms. The Balaban J connectivity index is 1.87. The number of epoxide rings is 1. The fourth-order valence-electron chi connectivity index (χ4n) is 3.71. The van der Waals surface area contributed by atoms with E-state index < -0.39 is 12.2 Å². The van der Waals surface area contributed by atoms with Crippen LogP contribution in [-0.2, 0) is 28.4 Å². The van der Waals surface area contributed by atoms with Gasteiger partial charge in [-0.15, -0.1) is 0 Å². The first-order chi connectivity index (χ1) is 20.6. The number of rotatable bonds is 23. The topological polar surface area (TPSA) is 122 Å². The zero-order valence-electron chi connectivity index (χ0n) is 25.0. The number of carbonyl (C=O) groups excluding carboxylic acids is 1. The number of hydrogen-bond donors (Lipinski definition) is 0. The van der Waals surface area contributed by atoms with Gasteiger partial charge in [-0.05, 0) is 52.3 Å². The SMILES string of the molecule is CCOCOc1cc(OCOCC)c(C(=O)[C@H]2O[C@@H]2c2ccc(OCOCC)c(OCOCC)c2)c(OCOCC)c1. The van der Waals surface area contributed by atoms with Crippen LogP contribution in [-0.4, -0.2) is 78.9 Å². The first-order valence-electron chi connectivity index (χ1n) is 14.1. The molecule has 0 aromatic heterocycles. The molecule has 3 rings (SSSR count). The lowest BCUT2D eigenvalue weighted by atomic mass is 10.0. The molecule has 0 aliphatic carbocycles. The van der Waals surface area contributed by atoms with Gasteiger partial charge in [0.05, 0.1) is 0 Å². The molecule has 2 atom stereocenters. The van der Waals surface area contributed by atoms with Crippen molar-refractivity contribution in [2.24, 2.45) is 0 Å². The summed E-state index contributed by atoms with van der Waals surface area (Å²) in [5.74, 6) is 1.44.